The number of halogens is 2. The summed E-state index contributed by atoms with van der Waals surface area (Å²) in [5, 5.41) is 16.5. The Kier molecular flexibility index (Phi) is 5.96. The van der Waals surface area contributed by atoms with Gasteiger partial charge in [0.2, 0.25) is 5.82 Å². The van der Waals surface area contributed by atoms with Crippen molar-refractivity contribution >= 4 is 0 Å². The smallest absolute Gasteiger partial charge is 0.258 e. The molecule has 0 aliphatic heterocycles. The Hall–Kier alpha value is -3.31. The van der Waals surface area contributed by atoms with Crippen LogP contribution >= 0.6 is 0 Å². The molecule has 0 fully saturated rings. The van der Waals surface area contributed by atoms with Crippen LogP contribution in [0.2, 0.25) is 0 Å². The van der Waals surface area contributed by atoms with E-state index in [1.807, 2.05) is 32.0 Å². The summed E-state index contributed by atoms with van der Waals surface area (Å²) in [5.41, 5.74) is 3.87. The van der Waals surface area contributed by atoms with E-state index in [2.05, 4.69) is 21.5 Å². The molecular weight excluding hydrogens is 402 g/mol. The van der Waals surface area contributed by atoms with Crippen molar-refractivity contribution in [2.45, 2.75) is 45.3 Å². The zero-order chi connectivity index (χ0) is 22.0. The van der Waals surface area contributed by atoms with Crippen LogP contribution in [0.4, 0.5) is 8.78 Å². The molecule has 2 aromatic carbocycles. The first-order chi connectivity index (χ1) is 15.0. The van der Waals surface area contributed by atoms with Gasteiger partial charge >= 0.3 is 0 Å². The SMILES string of the molecule is CC(C)Oc1ccc(-c2nc(-c3cccc4c3CC[C@@H]4NCC(F)F)no2)cc1C#N. The molecule has 0 saturated carbocycles. The van der Waals surface area contributed by atoms with Gasteiger partial charge in [-0.3, -0.25) is 0 Å². The summed E-state index contributed by atoms with van der Waals surface area (Å²) in [7, 11) is 0. The minimum atomic E-state index is -2.39. The van der Waals surface area contributed by atoms with Crippen molar-refractivity contribution in [3.8, 4) is 34.7 Å². The molecule has 1 aromatic heterocycles. The van der Waals surface area contributed by atoms with Crippen LogP contribution in [0.5, 0.6) is 5.75 Å². The second kappa shape index (κ2) is 8.82. The lowest BCUT2D eigenvalue weighted by molar-refractivity contribution is 0.141. The van der Waals surface area contributed by atoms with Crippen molar-refractivity contribution in [1.29, 1.82) is 5.26 Å². The Morgan fingerprint density at radius 3 is 2.87 bits per heavy atom. The van der Waals surface area contributed by atoms with Crippen molar-refractivity contribution in [2.24, 2.45) is 0 Å². The highest BCUT2D eigenvalue weighted by molar-refractivity contribution is 5.67. The monoisotopic (exact) mass is 424 g/mol. The van der Waals surface area contributed by atoms with Gasteiger partial charge in [0.05, 0.1) is 18.2 Å². The van der Waals surface area contributed by atoms with Crippen molar-refractivity contribution in [3.05, 3.63) is 53.1 Å². The molecule has 3 aromatic rings. The number of hydrogen-bond acceptors (Lipinski definition) is 6. The van der Waals surface area contributed by atoms with Gasteiger partial charge in [-0.15, -0.1) is 0 Å². The van der Waals surface area contributed by atoms with Crippen LogP contribution in [-0.2, 0) is 6.42 Å². The van der Waals surface area contributed by atoms with E-state index >= 15 is 0 Å². The quantitative estimate of drug-likeness (QED) is 0.581. The van der Waals surface area contributed by atoms with Gasteiger partial charge in [0.15, 0.2) is 0 Å². The fourth-order valence-corrected chi connectivity index (χ4v) is 3.86. The number of fused-ring (bicyclic) bond motifs is 1. The third-order valence-corrected chi connectivity index (χ3v) is 5.17. The number of rotatable bonds is 7. The van der Waals surface area contributed by atoms with Crippen molar-refractivity contribution in [3.63, 3.8) is 0 Å². The van der Waals surface area contributed by atoms with Crippen LogP contribution < -0.4 is 10.1 Å². The molecule has 31 heavy (non-hydrogen) atoms. The van der Waals surface area contributed by atoms with Crippen LogP contribution in [0.25, 0.3) is 22.8 Å². The predicted molar refractivity (Wildman–Crippen MR) is 111 cm³/mol. The van der Waals surface area contributed by atoms with Crippen LogP contribution in [0.3, 0.4) is 0 Å². The van der Waals surface area contributed by atoms with Crippen molar-refractivity contribution < 1.29 is 18.0 Å². The number of nitriles is 1. The summed E-state index contributed by atoms with van der Waals surface area (Å²) in [4.78, 5) is 4.53. The number of alkyl halides is 2. The molecule has 1 atom stereocenters. The molecule has 0 unspecified atom stereocenters. The van der Waals surface area contributed by atoms with E-state index in [4.69, 9.17) is 9.26 Å². The Morgan fingerprint density at radius 1 is 1.29 bits per heavy atom. The third kappa shape index (κ3) is 4.42. The van der Waals surface area contributed by atoms with E-state index in [0.717, 1.165) is 29.5 Å². The minimum absolute atomic E-state index is 0.0489. The average Bonchev–Trinajstić information content (AvgIpc) is 3.39. The molecule has 0 bridgehead atoms. The lowest BCUT2D eigenvalue weighted by Crippen LogP contribution is -2.25. The Bertz CT molecular complexity index is 1120. The molecule has 1 aliphatic rings. The molecule has 0 radical (unpaired) electrons. The average molecular weight is 424 g/mol. The molecule has 8 heteroatoms. The number of ether oxygens (including phenoxy) is 1. The number of hydrogen-bond donors (Lipinski definition) is 1. The van der Waals surface area contributed by atoms with Crippen molar-refractivity contribution in [1.82, 2.24) is 15.5 Å². The number of aromatic nitrogens is 2. The van der Waals surface area contributed by atoms with Gasteiger partial charge < -0.3 is 14.6 Å². The van der Waals surface area contributed by atoms with Gasteiger partial charge in [0.1, 0.15) is 11.8 Å². The molecule has 0 saturated heterocycles. The topological polar surface area (TPSA) is 84.0 Å². The fourth-order valence-electron chi connectivity index (χ4n) is 3.86. The summed E-state index contributed by atoms with van der Waals surface area (Å²) >= 11 is 0. The largest absolute Gasteiger partial charge is 0.490 e. The van der Waals surface area contributed by atoms with Gasteiger partial charge in [0.25, 0.3) is 12.3 Å². The van der Waals surface area contributed by atoms with Gasteiger partial charge in [0, 0.05) is 17.2 Å². The van der Waals surface area contributed by atoms with Crippen LogP contribution in [0, 0.1) is 11.3 Å². The lowest BCUT2D eigenvalue weighted by Gasteiger charge is -2.14. The lowest BCUT2D eigenvalue weighted by atomic mass is 10.0. The predicted octanol–water partition coefficient (Wildman–Crippen LogP) is 4.90. The number of nitrogens with one attached hydrogen (secondary N) is 1. The van der Waals surface area contributed by atoms with Crippen LogP contribution in [-0.4, -0.2) is 29.2 Å². The van der Waals surface area contributed by atoms with E-state index in [-0.39, 0.29) is 18.7 Å². The van der Waals surface area contributed by atoms with E-state index in [1.54, 1.807) is 18.2 Å². The third-order valence-electron chi connectivity index (χ3n) is 5.17. The molecular formula is C23H22F2N4O2. The first-order valence-electron chi connectivity index (χ1n) is 10.1. The first kappa shape index (κ1) is 20.9. The maximum Gasteiger partial charge on any atom is 0.258 e. The maximum atomic E-state index is 12.6. The van der Waals surface area contributed by atoms with E-state index < -0.39 is 6.43 Å². The highest BCUT2D eigenvalue weighted by atomic mass is 19.3. The van der Waals surface area contributed by atoms with E-state index in [0.29, 0.717) is 28.6 Å². The number of benzene rings is 2. The standard InChI is InChI=1S/C23H22F2N4O2/c1-13(2)30-20-9-6-14(10-15(20)11-26)23-28-22(29-31-23)18-5-3-4-17-16(18)7-8-19(17)27-12-21(24)25/h3-6,9-10,13,19,21,27H,7-8,12H2,1-2H3/t19-/m0/s1. The summed E-state index contributed by atoms with van der Waals surface area (Å²) < 4.78 is 36.3. The molecule has 0 amide bonds. The Morgan fingerprint density at radius 2 is 2.13 bits per heavy atom. The molecule has 1 heterocycles. The van der Waals surface area contributed by atoms with Crippen molar-refractivity contribution in [2.75, 3.05) is 6.54 Å². The molecule has 160 valence electrons. The van der Waals surface area contributed by atoms with Gasteiger partial charge in [-0.2, -0.15) is 10.2 Å². The second-order valence-electron chi connectivity index (χ2n) is 7.68. The van der Waals surface area contributed by atoms with Gasteiger partial charge in [-0.05, 0) is 56.0 Å². The normalized spacial score (nSPS) is 15.3. The zero-order valence-electron chi connectivity index (χ0n) is 17.2. The fraction of sp³-hybridized carbons (Fsp3) is 0.348. The summed E-state index contributed by atoms with van der Waals surface area (Å²) in [6.45, 7) is 3.45. The highest BCUT2D eigenvalue weighted by Gasteiger charge is 2.27. The van der Waals surface area contributed by atoms with Gasteiger partial charge in [-0.1, -0.05) is 23.4 Å². The molecule has 6 nitrogen and oxygen atoms in total. The van der Waals surface area contributed by atoms with Gasteiger partial charge in [-0.25, -0.2) is 8.78 Å². The maximum absolute atomic E-state index is 12.6. The van der Waals surface area contributed by atoms with Crippen LogP contribution in [0.1, 0.15) is 43.0 Å². The van der Waals surface area contributed by atoms with Crippen LogP contribution in [0.15, 0.2) is 40.9 Å². The first-order valence-corrected chi connectivity index (χ1v) is 10.1. The molecule has 4 rings (SSSR count). The summed E-state index contributed by atoms with van der Waals surface area (Å²) in [5.74, 6) is 1.23. The Balaban J connectivity index is 1.61. The summed E-state index contributed by atoms with van der Waals surface area (Å²) in [6, 6.07) is 12.9. The highest BCUT2D eigenvalue weighted by Crippen LogP contribution is 2.37. The summed E-state index contributed by atoms with van der Waals surface area (Å²) in [6.07, 6.45) is -0.947. The Labute approximate surface area is 178 Å². The van der Waals surface area contributed by atoms with E-state index in [1.165, 1.54) is 0 Å². The zero-order valence-corrected chi connectivity index (χ0v) is 17.2. The molecule has 1 aliphatic carbocycles. The second-order valence-corrected chi connectivity index (χ2v) is 7.68. The number of nitrogens with zero attached hydrogens (tertiary/aromatic N) is 3. The molecule has 0 spiro atoms. The molecule has 1 N–H and O–H groups in total. The minimum Gasteiger partial charge on any atom is -0.490 e. The van der Waals surface area contributed by atoms with E-state index in [9.17, 15) is 14.0 Å².